The lowest BCUT2D eigenvalue weighted by Gasteiger charge is -2.38. The van der Waals surface area contributed by atoms with Crippen LogP contribution in [0.1, 0.15) is 19.8 Å². The molecule has 6 nitrogen and oxygen atoms in total. The largest absolute Gasteiger partial charge is 0.337 e. The van der Waals surface area contributed by atoms with Crippen molar-refractivity contribution in [2.75, 3.05) is 32.7 Å². The summed E-state index contributed by atoms with van der Waals surface area (Å²) in [5, 5.41) is 3.26. The van der Waals surface area contributed by atoms with Crippen molar-refractivity contribution in [2.45, 2.75) is 30.7 Å². The standard InChI is InChI=1S/C17H24FN3O3S/c1-13-12-19-8-11-21(13)17(22)14-6-9-20(10-7-14)25(23,24)16-5-3-2-4-15(16)18/h2-5,13-14,19H,6-12H2,1H3/t13-/m0/s1. The Morgan fingerprint density at radius 3 is 2.52 bits per heavy atom. The fourth-order valence-corrected chi connectivity index (χ4v) is 5.07. The Labute approximate surface area is 148 Å². The third kappa shape index (κ3) is 3.70. The molecular formula is C17H24FN3O3S. The number of amides is 1. The molecule has 0 aromatic heterocycles. The SMILES string of the molecule is C[C@H]1CNCCN1C(=O)C1CCN(S(=O)(=O)c2ccccc2F)CC1. The van der Waals surface area contributed by atoms with Crippen LogP contribution in [-0.4, -0.2) is 62.3 Å². The predicted molar refractivity (Wildman–Crippen MR) is 91.9 cm³/mol. The summed E-state index contributed by atoms with van der Waals surface area (Å²) in [6, 6.07) is 5.56. The van der Waals surface area contributed by atoms with Crippen molar-refractivity contribution in [3.8, 4) is 0 Å². The number of piperazine rings is 1. The van der Waals surface area contributed by atoms with Gasteiger partial charge in [0.2, 0.25) is 15.9 Å². The maximum absolute atomic E-state index is 13.9. The van der Waals surface area contributed by atoms with Gasteiger partial charge in [0.25, 0.3) is 0 Å². The number of halogens is 1. The Balaban J connectivity index is 1.65. The molecule has 1 N–H and O–H groups in total. The molecule has 0 saturated carbocycles. The third-order valence-electron chi connectivity index (χ3n) is 5.04. The van der Waals surface area contributed by atoms with Crippen LogP contribution in [0.3, 0.4) is 0 Å². The summed E-state index contributed by atoms with van der Waals surface area (Å²) in [5.74, 6) is -0.792. The zero-order chi connectivity index (χ0) is 18.0. The third-order valence-corrected chi connectivity index (χ3v) is 6.97. The van der Waals surface area contributed by atoms with Crippen LogP contribution in [0.5, 0.6) is 0 Å². The van der Waals surface area contributed by atoms with Gasteiger partial charge in [0, 0.05) is 44.7 Å². The fraction of sp³-hybridized carbons (Fsp3) is 0.588. The van der Waals surface area contributed by atoms with Crippen molar-refractivity contribution in [3.63, 3.8) is 0 Å². The molecule has 0 spiro atoms. The first kappa shape index (κ1) is 18.3. The summed E-state index contributed by atoms with van der Waals surface area (Å²) >= 11 is 0. The van der Waals surface area contributed by atoms with E-state index in [0.717, 1.165) is 19.2 Å². The molecule has 138 valence electrons. The second kappa shape index (κ2) is 7.39. The van der Waals surface area contributed by atoms with Crippen molar-refractivity contribution in [3.05, 3.63) is 30.1 Å². The number of hydrogen-bond donors (Lipinski definition) is 1. The number of nitrogens with one attached hydrogen (secondary N) is 1. The Hall–Kier alpha value is -1.51. The van der Waals surface area contributed by atoms with E-state index in [2.05, 4.69) is 5.32 Å². The van der Waals surface area contributed by atoms with Gasteiger partial charge in [0.1, 0.15) is 10.7 Å². The molecule has 0 unspecified atom stereocenters. The smallest absolute Gasteiger partial charge is 0.245 e. The molecule has 2 heterocycles. The van der Waals surface area contributed by atoms with E-state index in [-0.39, 0.29) is 35.9 Å². The molecule has 0 bridgehead atoms. The average molecular weight is 369 g/mol. The Morgan fingerprint density at radius 1 is 1.20 bits per heavy atom. The molecule has 2 aliphatic rings. The molecule has 3 rings (SSSR count). The summed E-state index contributed by atoms with van der Waals surface area (Å²) in [7, 11) is -3.85. The summed E-state index contributed by atoms with van der Waals surface area (Å²) in [5.41, 5.74) is 0. The van der Waals surface area contributed by atoms with Gasteiger partial charge in [-0.05, 0) is 31.9 Å². The van der Waals surface area contributed by atoms with Gasteiger partial charge in [0.15, 0.2) is 0 Å². The van der Waals surface area contributed by atoms with E-state index in [1.165, 1.54) is 22.5 Å². The van der Waals surface area contributed by atoms with Crippen molar-refractivity contribution in [1.82, 2.24) is 14.5 Å². The highest BCUT2D eigenvalue weighted by Gasteiger charge is 2.36. The van der Waals surface area contributed by atoms with E-state index in [4.69, 9.17) is 0 Å². The zero-order valence-electron chi connectivity index (χ0n) is 14.3. The maximum atomic E-state index is 13.9. The van der Waals surface area contributed by atoms with Crippen molar-refractivity contribution >= 4 is 15.9 Å². The van der Waals surface area contributed by atoms with E-state index in [9.17, 15) is 17.6 Å². The number of carbonyl (C=O) groups excluding carboxylic acids is 1. The minimum absolute atomic E-state index is 0.108. The minimum atomic E-state index is -3.85. The number of nitrogens with zero attached hydrogens (tertiary/aromatic N) is 2. The average Bonchev–Trinajstić information content (AvgIpc) is 2.62. The molecule has 25 heavy (non-hydrogen) atoms. The topological polar surface area (TPSA) is 69.7 Å². The normalized spacial score (nSPS) is 23.6. The van der Waals surface area contributed by atoms with E-state index in [1.54, 1.807) is 0 Å². The van der Waals surface area contributed by atoms with Gasteiger partial charge < -0.3 is 10.2 Å². The Bertz CT molecular complexity index is 732. The van der Waals surface area contributed by atoms with E-state index in [0.29, 0.717) is 19.4 Å². The molecule has 2 saturated heterocycles. The number of benzene rings is 1. The van der Waals surface area contributed by atoms with Crippen LogP contribution in [0.15, 0.2) is 29.2 Å². The quantitative estimate of drug-likeness (QED) is 0.865. The van der Waals surface area contributed by atoms with Crippen LogP contribution < -0.4 is 5.32 Å². The molecule has 2 fully saturated rings. The first-order valence-electron chi connectivity index (χ1n) is 8.67. The van der Waals surface area contributed by atoms with Crippen LogP contribution in [0, 0.1) is 11.7 Å². The first-order chi connectivity index (χ1) is 11.9. The second-order valence-electron chi connectivity index (χ2n) is 6.69. The lowest BCUT2D eigenvalue weighted by Crippen LogP contribution is -2.55. The highest BCUT2D eigenvalue weighted by molar-refractivity contribution is 7.89. The van der Waals surface area contributed by atoms with Gasteiger partial charge in [-0.25, -0.2) is 12.8 Å². The Kier molecular flexibility index (Phi) is 5.41. The summed E-state index contributed by atoms with van der Waals surface area (Å²) in [4.78, 5) is 14.3. The van der Waals surface area contributed by atoms with Crippen molar-refractivity contribution < 1.29 is 17.6 Å². The number of rotatable bonds is 3. The Morgan fingerprint density at radius 2 is 1.88 bits per heavy atom. The van der Waals surface area contributed by atoms with Crippen LogP contribution in [0.25, 0.3) is 0 Å². The lowest BCUT2D eigenvalue weighted by atomic mass is 9.95. The highest BCUT2D eigenvalue weighted by atomic mass is 32.2. The summed E-state index contributed by atoms with van der Waals surface area (Å²) in [6.45, 7) is 4.76. The molecule has 0 aliphatic carbocycles. The maximum Gasteiger partial charge on any atom is 0.245 e. The molecule has 1 aromatic rings. The van der Waals surface area contributed by atoms with Gasteiger partial charge >= 0.3 is 0 Å². The lowest BCUT2D eigenvalue weighted by molar-refractivity contribution is -0.139. The highest BCUT2D eigenvalue weighted by Crippen LogP contribution is 2.27. The summed E-state index contributed by atoms with van der Waals surface area (Å²) < 4.78 is 40.4. The number of piperidine rings is 1. The molecule has 8 heteroatoms. The molecule has 0 radical (unpaired) electrons. The second-order valence-corrected chi connectivity index (χ2v) is 8.60. The van der Waals surface area contributed by atoms with Crippen LogP contribution in [-0.2, 0) is 14.8 Å². The number of sulfonamides is 1. The van der Waals surface area contributed by atoms with Gasteiger partial charge in [-0.1, -0.05) is 12.1 Å². The fourth-order valence-electron chi connectivity index (χ4n) is 3.54. The van der Waals surface area contributed by atoms with Gasteiger partial charge in [0.05, 0.1) is 0 Å². The van der Waals surface area contributed by atoms with Crippen molar-refractivity contribution in [2.24, 2.45) is 5.92 Å². The van der Waals surface area contributed by atoms with Crippen LogP contribution in [0.2, 0.25) is 0 Å². The van der Waals surface area contributed by atoms with E-state index >= 15 is 0 Å². The minimum Gasteiger partial charge on any atom is -0.337 e. The predicted octanol–water partition coefficient (Wildman–Crippen LogP) is 1.05. The van der Waals surface area contributed by atoms with Crippen LogP contribution >= 0.6 is 0 Å². The van der Waals surface area contributed by atoms with Crippen molar-refractivity contribution in [1.29, 1.82) is 0 Å². The van der Waals surface area contributed by atoms with Gasteiger partial charge in [-0.3, -0.25) is 4.79 Å². The molecule has 2 aliphatic heterocycles. The zero-order valence-corrected chi connectivity index (χ0v) is 15.1. The number of hydrogen-bond acceptors (Lipinski definition) is 4. The summed E-state index contributed by atoms with van der Waals surface area (Å²) in [6.07, 6.45) is 0.951. The molecule has 1 amide bonds. The van der Waals surface area contributed by atoms with E-state index < -0.39 is 15.8 Å². The molecular weight excluding hydrogens is 345 g/mol. The molecule has 1 aromatic carbocycles. The first-order valence-corrected chi connectivity index (χ1v) is 10.1. The number of carbonyl (C=O) groups is 1. The van der Waals surface area contributed by atoms with E-state index in [1.807, 2.05) is 11.8 Å². The molecule has 1 atom stereocenters. The van der Waals surface area contributed by atoms with Gasteiger partial charge in [-0.15, -0.1) is 0 Å². The monoisotopic (exact) mass is 369 g/mol. The van der Waals surface area contributed by atoms with Gasteiger partial charge in [-0.2, -0.15) is 4.31 Å². The van der Waals surface area contributed by atoms with Crippen LogP contribution in [0.4, 0.5) is 4.39 Å².